The Balaban J connectivity index is 1.30. The van der Waals surface area contributed by atoms with Crippen molar-refractivity contribution in [1.82, 2.24) is 14.8 Å². The number of amides is 1. The second-order valence-electron chi connectivity index (χ2n) is 10.1. The Bertz CT molecular complexity index is 1210. The minimum Gasteiger partial charge on any atom is -0.504 e. The number of hydrogen-bond acceptors (Lipinski definition) is 6. The summed E-state index contributed by atoms with van der Waals surface area (Å²) < 4.78 is 17.4. The Morgan fingerprint density at radius 1 is 1.19 bits per heavy atom. The maximum absolute atomic E-state index is 13.7. The van der Waals surface area contributed by atoms with Gasteiger partial charge in [0.1, 0.15) is 6.10 Å². The zero-order valence-electron chi connectivity index (χ0n) is 21.0. The van der Waals surface area contributed by atoms with E-state index in [1.54, 1.807) is 6.07 Å². The van der Waals surface area contributed by atoms with Gasteiger partial charge in [0.2, 0.25) is 5.75 Å². The van der Waals surface area contributed by atoms with Gasteiger partial charge < -0.3 is 29.2 Å². The second kappa shape index (κ2) is 10.8. The zero-order chi connectivity index (χ0) is 25.1. The number of aromatic nitrogens is 1. The fourth-order valence-electron chi connectivity index (χ4n) is 5.02. The van der Waals surface area contributed by atoms with Crippen molar-refractivity contribution < 1.29 is 24.1 Å². The van der Waals surface area contributed by atoms with Crippen LogP contribution in [0.4, 0.5) is 0 Å². The highest BCUT2D eigenvalue weighted by Gasteiger charge is 2.31. The SMILES string of the molecule is CC(C)CN(Cc1cc(O)c2c(c1)OCCCO2)C(=O)C1CN(Cc2cccc3cc[nH]c23)CCO1. The van der Waals surface area contributed by atoms with Crippen LogP contribution in [-0.2, 0) is 22.6 Å². The van der Waals surface area contributed by atoms with Crippen LogP contribution in [0.3, 0.4) is 0 Å². The van der Waals surface area contributed by atoms with Crippen LogP contribution in [0.1, 0.15) is 31.4 Å². The largest absolute Gasteiger partial charge is 0.504 e. The number of rotatable bonds is 7. The average Bonchev–Trinajstić information content (AvgIpc) is 3.22. The van der Waals surface area contributed by atoms with Crippen molar-refractivity contribution >= 4 is 16.8 Å². The number of carbonyl (C=O) groups excluding carboxylic acids is 1. The van der Waals surface area contributed by atoms with Crippen LogP contribution in [-0.4, -0.2) is 71.4 Å². The quantitative estimate of drug-likeness (QED) is 0.519. The lowest BCUT2D eigenvalue weighted by Gasteiger charge is -2.35. The van der Waals surface area contributed by atoms with E-state index in [9.17, 15) is 9.90 Å². The molecular weight excluding hydrogens is 458 g/mol. The van der Waals surface area contributed by atoms with E-state index in [1.807, 2.05) is 17.2 Å². The minimum absolute atomic E-state index is 0.0296. The standard InChI is InChI=1S/C28H35N3O5/c1-19(2)15-31(16-20-13-23(32)27-24(14-20)34-10-4-11-36-27)28(33)25-18-30(9-12-35-25)17-22-6-3-5-21-7-8-29-26(21)22/h3,5-8,13-14,19,25,29,32H,4,9-12,15-18H2,1-2H3. The monoisotopic (exact) mass is 493 g/mol. The third-order valence-corrected chi connectivity index (χ3v) is 6.65. The van der Waals surface area contributed by atoms with Gasteiger partial charge in [-0.25, -0.2) is 0 Å². The number of phenolic OH excluding ortho intramolecular Hbond substituents is 1. The summed E-state index contributed by atoms with van der Waals surface area (Å²) in [7, 11) is 0. The molecule has 1 unspecified atom stereocenters. The maximum Gasteiger partial charge on any atom is 0.253 e. The van der Waals surface area contributed by atoms with Crippen molar-refractivity contribution in [1.29, 1.82) is 0 Å². The number of morpholine rings is 1. The molecule has 2 aromatic carbocycles. The third-order valence-electron chi connectivity index (χ3n) is 6.65. The molecule has 1 aromatic heterocycles. The van der Waals surface area contributed by atoms with Crippen LogP contribution in [0.25, 0.3) is 10.9 Å². The van der Waals surface area contributed by atoms with E-state index in [1.165, 1.54) is 10.9 Å². The van der Waals surface area contributed by atoms with Crippen molar-refractivity contribution in [3.05, 3.63) is 53.7 Å². The molecule has 1 fully saturated rings. The van der Waals surface area contributed by atoms with Gasteiger partial charge in [-0.1, -0.05) is 32.0 Å². The Morgan fingerprint density at radius 3 is 2.92 bits per heavy atom. The Hall–Kier alpha value is -3.23. The highest BCUT2D eigenvalue weighted by Crippen LogP contribution is 2.39. The molecule has 1 atom stereocenters. The molecule has 0 spiro atoms. The van der Waals surface area contributed by atoms with Crippen LogP contribution in [0.15, 0.2) is 42.6 Å². The first-order valence-electron chi connectivity index (χ1n) is 12.8. The van der Waals surface area contributed by atoms with Gasteiger partial charge in [0, 0.05) is 50.9 Å². The molecule has 3 heterocycles. The molecule has 2 aliphatic rings. The number of ether oxygens (including phenoxy) is 3. The topological polar surface area (TPSA) is 87.3 Å². The fraction of sp³-hybridized carbons (Fsp3) is 0.464. The van der Waals surface area contributed by atoms with Gasteiger partial charge in [0.15, 0.2) is 11.5 Å². The predicted molar refractivity (Wildman–Crippen MR) is 137 cm³/mol. The summed E-state index contributed by atoms with van der Waals surface area (Å²) in [6.45, 7) is 8.77. The van der Waals surface area contributed by atoms with Crippen LogP contribution >= 0.6 is 0 Å². The Kier molecular flexibility index (Phi) is 7.34. The van der Waals surface area contributed by atoms with Crippen LogP contribution in [0.5, 0.6) is 17.2 Å². The molecule has 8 nitrogen and oxygen atoms in total. The molecule has 192 valence electrons. The Morgan fingerprint density at radius 2 is 2.06 bits per heavy atom. The summed E-state index contributed by atoms with van der Waals surface area (Å²) in [5.41, 5.74) is 3.16. The maximum atomic E-state index is 13.7. The van der Waals surface area contributed by atoms with Gasteiger partial charge in [-0.15, -0.1) is 0 Å². The summed E-state index contributed by atoms with van der Waals surface area (Å²) in [6.07, 6.45) is 2.19. The summed E-state index contributed by atoms with van der Waals surface area (Å²) in [5.74, 6) is 1.20. The van der Waals surface area contributed by atoms with Crippen LogP contribution in [0.2, 0.25) is 0 Å². The highest BCUT2D eigenvalue weighted by molar-refractivity contribution is 5.83. The summed E-state index contributed by atoms with van der Waals surface area (Å²) in [6, 6.07) is 11.9. The summed E-state index contributed by atoms with van der Waals surface area (Å²) >= 11 is 0. The molecule has 5 rings (SSSR count). The molecule has 0 bridgehead atoms. The van der Waals surface area contributed by atoms with E-state index in [2.05, 4.69) is 48.0 Å². The molecule has 0 radical (unpaired) electrons. The predicted octanol–water partition coefficient (Wildman–Crippen LogP) is 3.92. The van der Waals surface area contributed by atoms with Crippen molar-refractivity contribution in [2.24, 2.45) is 5.92 Å². The van der Waals surface area contributed by atoms with Crippen LogP contribution < -0.4 is 9.47 Å². The number of aromatic hydroxyl groups is 1. The number of para-hydroxylation sites is 1. The molecule has 8 heteroatoms. The van der Waals surface area contributed by atoms with Gasteiger partial charge in [-0.05, 0) is 40.6 Å². The number of nitrogens with one attached hydrogen (secondary N) is 1. The lowest BCUT2D eigenvalue weighted by molar-refractivity contribution is -0.151. The second-order valence-corrected chi connectivity index (χ2v) is 10.1. The van der Waals surface area contributed by atoms with Crippen molar-refractivity contribution in [3.63, 3.8) is 0 Å². The van der Waals surface area contributed by atoms with Crippen molar-refractivity contribution in [2.75, 3.05) is 39.5 Å². The number of H-pyrrole nitrogens is 1. The number of nitrogens with zero attached hydrogens (tertiary/aromatic N) is 2. The number of benzene rings is 2. The van der Waals surface area contributed by atoms with E-state index in [-0.39, 0.29) is 17.6 Å². The van der Waals surface area contributed by atoms with Gasteiger partial charge in [0.25, 0.3) is 5.91 Å². The Labute approximate surface area is 211 Å². The normalized spacial score (nSPS) is 18.4. The third kappa shape index (κ3) is 5.44. The summed E-state index contributed by atoms with van der Waals surface area (Å²) in [5, 5.41) is 11.7. The van der Waals surface area contributed by atoms with E-state index in [0.29, 0.717) is 51.0 Å². The molecular formula is C28H35N3O5. The first-order valence-corrected chi connectivity index (χ1v) is 12.8. The fourth-order valence-corrected chi connectivity index (χ4v) is 5.02. The van der Waals surface area contributed by atoms with E-state index >= 15 is 0 Å². The summed E-state index contributed by atoms with van der Waals surface area (Å²) in [4.78, 5) is 21.1. The van der Waals surface area contributed by atoms with E-state index < -0.39 is 6.10 Å². The highest BCUT2D eigenvalue weighted by atomic mass is 16.5. The molecule has 2 N–H and O–H groups in total. The molecule has 0 aliphatic carbocycles. The molecule has 36 heavy (non-hydrogen) atoms. The number of hydrogen-bond donors (Lipinski definition) is 2. The van der Waals surface area contributed by atoms with Gasteiger partial charge in [0.05, 0.1) is 19.8 Å². The van der Waals surface area contributed by atoms with Crippen molar-refractivity contribution in [3.8, 4) is 17.2 Å². The van der Waals surface area contributed by atoms with Crippen molar-refractivity contribution in [2.45, 2.75) is 39.5 Å². The first kappa shape index (κ1) is 24.5. The molecule has 3 aromatic rings. The van der Waals surface area contributed by atoms with Crippen LogP contribution in [0, 0.1) is 5.92 Å². The molecule has 2 aliphatic heterocycles. The number of carbonyl (C=O) groups is 1. The lowest BCUT2D eigenvalue weighted by atomic mass is 10.1. The number of fused-ring (bicyclic) bond motifs is 2. The number of phenols is 1. The van der Waals surface area contributed by atoms with E-state index in [4.69, 9.17) is 14.2 Å². The zero-order valence-corrected chi connectivity index (χ0v) is 21.0. The molecule has 0 saturated carbocycles. The first-order chi connectivity index (χ1) is 17.5. The van der Waals surface area contributed by atoms with E-state index in [0.717, 1.165) is 30.6 Å². The number of aromatic amines is 1. The lowest BCUT2D eigenvalue weighted by Crippen LogP contribution is -2.51. The van der Waals surface area contributed by atoms with Gasteiger partial charge >= 0.3 is 0 Å². The molecule has 1 amide bonds. The smallest absolute Gasteiger partial charge is 0.253 e. The average molecular weight is 494 g/mol. The van der Waals surface area contributed by atoms with Gasteiger partial charge in [-0.2, -0.15) is 0 Å². The molecule has 1 saturated heterocycles. The minimum atomic E-state index is -0.533. The van der Waals surface area contributed by atoms with Gasteiger partial charge in [-0.3, -0.25) is 9.69 Å².